The molecule has 1 aromatic carbocycles. The summed E-state index contributed by atoms with van der Waals surface area (Å²) in [6.45, 7) is 7.69. The van der Waals surface area contributed by atoms with Crippen LogP contribution in [0.3, 0.4) is 0 Å². The molecule has 7 heteroatoms. The lowest BCUT2D eigenvalue weighted by Gasteiger charge is -2.18. The predicted octanol–water partition coefficient (Wildman–Crippen LogP) is 3.77. The van der Waals surface area contributed by atoms with E-state index in [1.165, 1.54) is 0 Å². The molecule has 142 valence electrons. The minimum absolute atomic E-state index is 0. The number of rotatable bonds is 8. The van der Waals surface area contributed by atoms with Gasteiger partial charge in [-0.05, 0) is 44.4 Å². The van der Waals surface area contributed by atoms with E-state index in [-0.39, 0.29) is 36.1 Å². The SMILES string of the molecule is CCNC(=NCCOCC1CCCO1)NC(C)c1cccc(Cl)c1.I. The van der Waals surface area contributed by atoms with Crippen LogP contribution in [0.1, 0.15) is 38.3 Å². The maximum atomic E-state index is 6.06. The number of ether oxygens (including phenoxy) is 2. The standard InChI is InChI=1S/C18H28ClN3O2.HI/c1-3-20-18(21-9-11-23-13-17-8-5-10-24-17)22-14(2)15-6-4-7-16(19)12-15;/h4,6-7,12,14,17H,3,5,8-11,13H2,1-2H3,(H2,20,21,22);1H. The van der Waals surface area contributed by atoms with Crippen LogP contribution in [0.4, 0.5) is 0 Å². The van der Waals surface area contributed by atoms with E-state index >= 15 is 0 Å². The second kappa shape index (κ2) is 12.7. The van der Waals surface area contributed by atoms with Crippen molar-refractivity contribution >= 4 is 41.5 Å². The van der Waals surface area contributed by atoms with Crippen molar-refractivity contribution in [2.24, 2.45) is 4.99 Å². The number of benzene rings is 1. The van der Waals surface area contributed by atoms with Crippen LogP contribution in [0.25, 0.3) is 0 Å². The van der Waals surface area contributed by atoms with Gasteiger partial charge in [0.2, 0.25) is 0 Å². The van der Waals surface area contributed by atoms with E-state index < -0.39 is 0 Å². The number of aliphatic imine (C=N–C) groups is 1. The van der Waals surface area contributed by atoms with Gasteiger partial charge in [-0.15, -0.1) is 24.0 Å². The Bertz CT molecular complexity index is 525. The molecule has 0 radical (unpaired) electrons. The molecule has 0 saturated carbocycles. The summed E-state index contributed by atoms with van der Waals surface area (Å²) < 4.78 is 11.2. The third-order valence-corrected chi connectivity index (χ3v) is 4.11. The summed E-state index contributed by atoms with van der Waals surface area (Å²) in [6, 6.07) is 7.97. The Kier molecular flexibility index (Phi) is 11.4. The molecule has 0 spiro atoms. The van der Waals surface area contributed by atoms with E-state index in [4.69, 9.17) is 21.1 Å². The van der Waals surface area contributed by atoms with Gasteiger partial charge in [-0.1, -0.05) is 23.7 Å². The zero-order valence-electron chi connectivity index (χ0n) is 15.0. The first-order valence-corrected chi connectivity index (χ1v) is 9.06. The van der Waals surface area contributed by atoms with Crippen LogP contribution in [0, 0.1) is 0 Å². The third kappa shape index (κ3) is 8.57. The van der Waals surface area contributed by atoms with Crippen molar-refractivity contribution in [1.29, 1.82) is 0 Å². The number of hydrogen-bond donors (Lipinski definition) is 2. The zero-order chi connectivity index (χ0) is 17.2. The van der Waals surface area contributed by atoms with Gasteiger partial charge in [0.1, 0.15) is 0 Å². The lowest BCUT2D eigenvalue weighted by molar-refractivity contribution is 0.0200. The lowest BCUT2D eigenvalue weighted by atomic mass is 10.1. The first-order chi connectivity index (χ1) is 11.7. The second-order valence-corrected chi connectivity index (χ2v) is 6.33. The van der Waals surface area contributed by atoms with Gasteiger partial charge in [-0.2, -0.15) is 0 Å². The quantitative estimate of drug-likeness (QED) is 0.257. The van der Waals surface area contributed by atoms with Crippen molar-refractivity contribution in [1.82, 2.24) is 10.6 Å². The van der Waals surface area contributed by atoms with Crippen LogP contribution >= 0.6 is 35.6 Å². The monoisotopic (exact) mass is 481 g/mol. The average molecular weight is 482 g/mol. The molecule has 1 fully saturated rings. The third-order valence-electron chi connectivity index (χ3n) is 3.88. The molecule has 2 atom stereocenters. The minimum Gasteiger partial charge on any atom is -0.377 e. The molecule has 2 rings (SSSR count). The highest BCUT2D eigenvalue weighted by molar-refractivity contribution is 14.0. The predicted molar refractivity (Wildman–Crippen MR) is 114 cm³/mol. The molecule has 0 amide bonds. The van der Waals surface area contributed by atoms with Crippen LogP contribution in [0.2, 0.25) is 5.02 Å². The van der Waals surface area contributed by atoms with Gasteiger partial charge >= 0.3 is 0 Å². The smallest absolute Gasteiger partial charge is 0.191 e. The summed E-state index contributed by atoms with van der Waals surface area (Å²) in [5, 5.41) is 7.39. The summed E-state index contributed by atoms with van der Waals surface area (Å²) in [6.07, 6.45) is 2.51. The zero-order valence-corrected chi connectivity index (χ0v) is 18.1. The molecular weight excluding hydrogens is 453 g/mol. The Balaban J connectivity index is 0.00000312. The van der Waals surface area contributed by atoms with Crippen molar-refractivity contribution in [3.8, 4) is 0 Å². The van der Waals surface area contributed by atoms with Crippen LogP contribution in [-0.4, -0.2) is 45.0 Å². The Morgan fingerprint density at radius 2 is 2.32 bits per heavy atom. The van der Waals surface area contributed by atoms with Crippen LogP contribution in [0.5, 0.6) is 0 Å². The van der Waals surface area contributed by atoms with Crippen molar-refractivity contribution < 1.29 is 9.47 Å². The molecule has 1 aliphatic heterocycles. The Hall–Kier alpha value is -0.570. The Morgan fingerprint density at radius 3 is 3.00 bits per heavy atom. The summed E-state index contributed by atoms with van der Waals surface area (Å²) in [4.78, 5) is 4.56. The Labute approximate surface area is 172 Å². The van der Waals surface area contributed by atoms with E-state index in [2.05, 4.69) is 35.5 Å². The molecule has 0 aromatic heterocycles. The molecule has 5 nitrogen and oxygen atoms in total. The number of nitrogens with zero attached hydrogens (tertiary/aromatic N) is 1. The summed E-state index contributed by atoms with van der Waals surface area (Å²) >= 11 is 6.06. The molecule has 1 aromatic rings. The van der Waals surface area contributed by atoms with Crippen molar-refractivity contribution in [2.45, 2.75) is 38.8 Å². The van der Waals surface area contributed by atoms with E-state index in [9.17, 15) is 0 Å². The fraction of sp³-hybridized carbons (Fsp3) is 0.611. The van der Waals surface area contributed by atoms with Gasteiger partial charge < -0.3 is 20.1 Å². The topological polar surface area (TPSA) is 54.9 Å². The first kappa shape index (κ1) is 22.5. The van der Waals surface area contributed by atoms with E-state index in [1.54, 1.807) is 0 Å². The van der Waals surface area contributed by atoms with Crippen molar-refractivity contribution in [3.05, 3.63) is 34.9 Å². The number of hydrogen-bond acceptors (Lipinski definition) is 3. The van der Waals surface area contributed by atoms with E-state index in [0.717, 1.165) is 42.5 Å². The normalized spacial score (nSPS) is 18.5. The molecule has 0 aliphatic carbocycles. The van der Waals surface area contributed by atoms with Crippen molar-refractivity contribution in [2.75, 3.05) is 32.9 Å². The fourth-order valence-corrected chi connectivity index (χ4v) is 2.80. The molecule has 2 unspecified atom stereocenters. The van der Waals surface area contributed by atoms with E-state index in [1.807, 2.05) is 18.2 Å². The molecule has 1 heterocycles. The average Bonchev–Trinajstić information content (AvgIpc) is 3.08. The summed E-state index contributed by atoms with van der Waals surface area (Å²) in [7, 11) is 0. The van der Waals surface area contributed by atoms with Gasteiger partial charge in [0.05, 0.1) is 31.9 Å². The van der Waals surface area contributed by atoms with Gasteiger partial charge in [0, 0.05) is 18.2 Å². The van der Waals surface area contributed by atoms with Crippen LogP contribution in [-0.2, 0) is 9.47 Å². The van der Waals surface area contributed by atoms with E-state index in [0.29, 0.717) is 19.8 Å². The fourth-order valence-electron chi connectivity index (χ4n) is 2.60. The highest BCUT2D eigenvalue weighted by Crippen LogP contribution is 2.17. The van der Waals surface area contributed by atoms with Gasteiger partial charge in [0.15, 0.2) is 5.96 Å². The van der Waals surface area contributed by atoms with Crippen molar-refractivity contribution in [3.63, 3.8) is 0 Å². The molecule has 1 saturated heterocycles. The maximum Gasteiger partial charge on any atom is 0.191 e. The number of guanidine groups is 1. The molecule has 25 heavy (non-hydrogen) atoms. The maximum absolute atomic E-state index is 6.06. The number of halogens is 2. The highest BCUT2D eigenvalue weighted by Gasteiger charge is 2.15. The largest absolute Gasteiger partial charge is 0.377 e. The summed E-state index contributed by atoms with van der Waals surface area (Å²) in [5.74, 6) is 0.783. The van der Waals surface area contributed by atoms with Gasteiger partial charge in [0.25, 0.3) is 0 Å². The number of nitrogens with one attached hydrogen (secondary N) is 2. The molecule has 1 aliphatic rings. The molecule has 2 N–H and O–H groups in total. The minimum atomic E-state index is 0. The second-order valence-electron chi connectivity index (χ2n) is 5.89. The van der Waals surface area contributed by atoms with Crippen LogP contribution < -0.4 is 10.6 Å². The highest BCUT2D eigenvalue weighted by atomic mass is 127. The first-order valence-electron chi connectivity index (χ1n) is 8.68. The lowest BCUT2D eigenvalue weighted by Crippen LogP contribution is -2.39. The molecular formula is C18H29ClIN3O2. The van der Waals surface area contributed by atoms with Gasteiger partial charge in [-0.25, -0.2) is 0 Å². The Morgan fingerprint density at radius 1 is 1.48 bits per heavy atom. The van der Waals surface area contributed by atoms with Crippen LogP contribution in [0.15, 0.2) is 29.3 Å². The molecule has 0 bridgehead atoms. The summed E-state index contributed by atoms with van der Waals surface area (Å²) in [5.41, 5.74) is 1.13. The van der Waals surface area contributed by atoms with Gasteiger partial charge in [-0.3, -0.25) is 4.99 Å².